The SMILES string of the molecule is O=C(N[C@H]1CC[C@@H]2CN(c3cccc(C(F)(F)F)c3)C[C@@H]21)[C@@H]1C[C@H](F)CN1. The smallest absolute Gasteiger partial charge is 0.371 e. The number of alkyl halides is 4. The fourth-order valence-electron chi connectivity index (χ4n) is 4.71. The summed E-state index contributed by atoms with van der Waals surface area (Å²) in [5, 5.41) is 5.94. The van der Waals surface area contributed by atoms with Crippen molar-refractivity contribution in [2.75, 3.05) is 24.5 Å². The summed E-state index contributed by atoms with van der Waals surface area (Å²) in [5.41, 5.74) is -0.0722. The highest BCUT2D eigenvalue weighted by Gasteiger charge is 2.44. The fourth-order valence-corrected chi connectivity index (χ4v) is 4.71. The van der Waals surface area contributed by atoms with Crippen molar-refractivity contribution in [1.29, 1.82) is 0 Å². The normalized spacial score (nSPS) is 33.3. The van der Waals surface area contributed by atoms with E-state index in [-0.39, 0.29) is 30.8 Å². The molecule has 1 aromatic carbocycles. The van der Waals surface area contributed by atoms with Gasteiger partial charge in [0.05, 0.1) is 11.6 Å². The van der Waals surface area contributed by atoms with E-state index in [9.17, 15) is 22.4 Å². The lowest BCUT2D eigenvalue weighted by Crippen LogP contribution is -2.47. The summed E-state index contributed by atoms with van der Waals surface area (Å²) in [6.07, 6.45) is -3.34. The second-order valence-electron chi connectivity index (χ2n) is 7.86. The number of rotatable bonds is 3. The van der Waals surface area contributed by atoms with Gasteiger partial charge in [-0.25, -0.2) is 4.39 Å². The zero-order chi connectivity index (χ0) is 19.2. The minimum absolute atomic E-state index is 0.00115. The molecule has 8 heteroatoms. The molecule has 27 heavy (non-hydrogen) atoms. The van der Waals surface area contributed by atoms with Crippen molar-refractivity contribution in [2.24, 2.45) is 11.8 Å². The Morgan fingerprint density at radius 3 is 2.74 bits per heavy atom. The van der Waals surface area contributed by atoms with Crippen LogP contribution in [0.15, 0.2) is 24.3 Å². The molecule has 1 amide bonds. The average Bonchev–Trinajstić information content (AvgIpc) is 3.31. The molecule has 4 nitrogen and oxygen atoms in total. The Bertz CT molecular complexity index is 710. The third-order valence-electron chi connectivity index (χ3n) is 6.12. The number of fused-ring (bicyclic) bond motifs is 1. The van der Waals surface area contributed by atoms with Gasteiger partial charge in [0.1, 0.15) is 6.17 Å². The van der Waals surface area contributed by atoms with Gasteiger partial charge in [-0.3, -0.25) is 4.79 Å². The van der Waals surface area contributed by atoms with Crippen LogP contribution in [0.3, 0.4) is 0 Å². The van der Waals surface area contributed by atoms with E-state index in [1.54, 1.807) is 6.07 Å². The predicted octanol–water partition coefficient (Wildman–Crippen LogP) is 2.74. The first-order chi connectivity index (χ1) is 12.8. The van der Waals surface area contributed by atoms with Gasteiger partial charge in [0, 0.05) is 43.7 Å². The van der Waals surface area contributed by atoms with Gasteiger partial charge in [-0.1, -0.05) is 6.07 Å². The van der Waals surface area contributed by atoms with E-state index in [0.717, 1.165) is 18.9 Å². The Kier molecular flexibility index (Phi) is 4.78. The molecule has 1 aromatic rings. The van der Waals surface area contributed by atoms with Gasteiger partial charge in [0.25, 0.3) is 0 Å². The maximum Gasteiger partial charge on any atom is 0.416 e. The predicted molar refractivity (Wildman–Crippen MR) is 93.1 cm³/mol. The molecular formula is C19H23F4N3O. The molecule has 3 aliphatic rings. The van der Waals surface area contributed by atoms with Crippen LogP contribution >= 0.6 is 0 Å². The van der Waals surface area contributed by atoms with Crippen LogP contribution in [0.2, 0.25) is 0 Å². The number of anilines is 1. The first kappa shape index (κ1) is 18.5. The van der Waals surface area contributed by atoms with Crippen molar-refractivity contribution in [1.82, 2.24) is 10.6 Å². The minimum Gasteiger partial charge on any atom is -0.371 e. The van der Waals surface area contributed by atoms with Gasteiger partial charge in [0.2, 0.25) is 5.91 Å². The summed E-state index contributed by atoms with van der Waals surface area (Å²) < 4.78 is 52.2. The van der Waals surface area contributed by atoms with E-state index < -0.39 is 24.0 Å². The van der Waals surface area contributed by atoms with Gasteiger partial charge in [-0.05, 0) is 37.0 Å². The molecule has 0 bridgehead atoms. The van der Waals surface area contributed by atoms with Crippen molar-refractivity contribution in [2.45, 2.75) is 43.7 Å². The van der Waals surface area contributed by atoms with Gasteiger partial charge < -0.3 is 15.5 Å². The zero-order valence-electron chi connectivity index (χ0n) is 14.8. The fraction of sp³-hybridized carbons (Fsp3) is 0.632. The summed E-state index contributed by atoms with van der Waals surface area (Å²) >= 11 is 0. The van der Waals surface area contributed by atoms with Crippen LogP contribution in [0.1, 0.15) is 24.8 Å². The van der Waals surface area contributed by atoms with Crippen molar-refractivity contribution in [3.05, 3.63) is 29.8 Å². The third-order valence-corrected chi connectivity index (χ3v) is 6.12. The van der Waals surface area contributed by atoms with Crippen molar-refractivity contribution < 1.29 is 22.4 Å². The van der Waals surface area contributed by atoms with Crippen LogP contribution in [0.4, 0.5) is 23.2 Å². The monoisotopic (exact) mass is 385 g/mol. The lowest BCUT2D eigenvalue weighted by Gasteiger charge is -2.24. The summed E-state index contributed by atoms with van der Waals surface area (Å²) in [6, 6.07) is 4.92. The van der Waals surface area contributed by atoms with E-state index >= 15 is 0 Å². The van der Waals surface area contributed by atoms with Gasteiger partial charge in [0.15, 0.2) is 0 Å². The lowest BCUT2D eigenvalue weighted by atomic mass is 9.97. The van der Waals surface area contributed by atoms with Gasteiger partial charge in [-0.15, -0.1) is 0 Å². The Balaban J connectivity index is 1.40. The number of carbonyl (C=O) groups excluding carboxylic acids is 1. The van der Waals surface area contributed by atoms with Crippen molar-refractivity contribution in [3.8, 4) is 0 Å². The lowest BCUT2D eigenvalue weighted by molar-refractivity contribution is -0.137. The van der Waals surface area contributed by atoms with E-state index in [0.29, 0.717) is 24.7 Å². The van der Waals surface area contributed by atoms with Gasteiger partial charge in [-0.2, -0.15) is 13.2 Å². The highest BCUT2D eigenvalue weighted by molar-refractivity contribution is 5.82. The highest BCUT2D eigenvalue weighted by Crippen LogP contribution is 2.41. The highest BCUT2D eigenvalue weighted by atomic mass is 19.4. The first-order valence-electron chi connectivity index (χ1n) is 9.41. The number of hydrogen-bond acceptors (Lipinski definition) is 3. The molecule has 5 atom stereocenters. The summed E-state index contributed by atoms with van der Waals surface area (Å²) in [4.78, 5) is 14.3. The quantitative estimate of drug-likeness (QED) is 0.787. The van der Waals surface area contributed by atoms with E-state index in [1.807, 2.05) is 4.90 Å². The van der Waals surface area contributed by atoms with Crippen LogP contribution in [0, 0.1) is 11.8 Å². The molecule has 3 fully saturated rings. The molecule has 148 valence electrons. The van der Waals surface area contributed by atoms with Crippen molar-refractivity contribution >= 4 is 11.6 Å². The molecule has 2 saturated heterocycles. The number of amides is 1. The average molecular weight is 385 g/mol. The molecule has 2 heterocycles. The van der Waals surface area contributed by atoms with E-state index in [2.05, 4.69) is 10.6 Å². The third kappa shape index (κ3) is 3.77. The molecule has 1 saturated carbocycles. The maximum atomic E-state index is 13.3. The Morgan fingerprint density at radius 2 is 2.04 bits per heavy atom. The molecule has 2 aliphatic heterocycles. The first-order valence-corrected chi connectivity index (χ1v) is 9.41. The van der Waals surface area contributed by atoms with Crippen molar-refractivity contribution in [3.63, 3.8) is 0 Å². The number of nitrogens with zero attached hydrogens (tertiary/aromatic N) is 1. The van der Waals surface area contributed by atoms with E-state index in [1.165, 1.54) is 12.1 Å². The minimum atomic E-state index is -4.36. The Labute approximate surface area is 155 Å². The maximum absolute atomic E-state index is 13.3. The molecule has 1 aliphatic carbocycles. The van der Waals surface area contributed by atoms with Crippen LogP contribution in [0.5, 0.6) is 0 Å². The molecular weight excluding hydrogens is 362 g/mol. The molecule has 4 rings (SSSR count). The van der Waals surface area contributed by atoms with Crippen LogP contribution in [-0.4, -0.2) is 43.8 Å². The molecule has 0 unspecified atom stereocenters. The molecule has 0 radical (unpaired) electrons. The zero-order valence-corrected chi connectivity index (χ0v) is 14.8. The molecule has 0 spiro atoms. The number of halogens is 4. The standard InChI is InChI=1S/C19H23F4N3O/c20-13-7-17(24-8-13)18(27)25-16-5-4-11-9-26(10-15(11)16)14-3-1-2-12(6-14)19(21,22)23/h1-3,6,11,13,15-17,24H,4-5,7-10H2,(H,25,27)/t11-,13+,15+,16+,17+/m1/s1. The largest absolute Gasteiger partial charge is 0.416 e. The Morgan fingerprint density at radius 1 is 1.22 bits per heavy atom. The summed E-state index contributed by atoms with van der Waals surface area (Å²) in [7, 11) is 0. The molecule has 0 aromatic heterocycles. The van der Waals surface area contributed by atoms with Gasteiger partial charge >= 0.3 is 6.18 Å². The Hall–Kier alpha value is -1.83. The number of carbonyl (C=O) groups is 1. The summed E-state index contributed by atoms with van der Waals surface area (Å²) in [5.74, 6) is 0.402. The van der Waals surface area contributed by atoms with Crippen LogP contribution < -0.4 is 15.5 Å². The molecule has 2 N–H and O–H groups in total. The number of hydrogen-bond donors (Lipinski definition) is 2. The second-order valence-corrected chi connectivity index (χ2v) is 7.86. The van der Waals surface area contributed by atoms with Crippen LogP contribution in [-0.2, 0) is 11.0 Å². The van der Waals surface area contributed by atoms with E-state index in [4.69, 9.17) is 0 Å². The summed E-state index contributed by atoms with van der Waals surface area (Å²) in [6.45, 7) is 1.53. The second kappa shape index (κ2) is 6.96. The van der Waals surface area contributed by atoms with Crippen LogP contribution in [0.25, 0.3) is 0 Å². The number of benzene rings is 1. The topological polar surface area (TPSA) is 44.4 Å². The number of nitrogens with one attached hydrogen (secondary N) is 2.